The molecule has 0 amide bonds. The molecule has 0 heterocycles. The first-order valence-corrected chi connectivity index (χ1v) is 3.65. The zero-order valence-electron chi connectivity index (χ0n) is 3.66. The Labute approximate surface area is 63.7 Å². The summed E-state index contributed by atoms with van der Waals surface area (Å²) in [6.45, 7) is 0. The van der Waals surface area contributed by atoms with E-state index in [9.17, 15) is 0 Å². The van der Waals surface area contributed by atoms with E-state index < -0.39 is 19.1 Å². The van der Waals surface area contributed by atoms with Crippen LogP contribution in [0.1, 0.15) is 0 Å². The molecule has 0 aromatic carbocycles. The fourth-order valence-corrected chi connectivity index (χ4v) is 0. The Kier molecular flexibility index (Phi) is 66.4. The molecule has 0 saturated heterocycles. The molecule has 6 heteroatoms. The van der Waals surface area contributed by atoms with E-state index in [1.807, 2.05) is 0 Å². The van der Waals surface area contributed by atoms with E-state index in [1.165, 1.54) is 0 Å². The molecule has 3 nitrogen and oxygen atoms in total. The van der Waals surface area contributed by atoms with Gasteiger partial charge in [-0.25, -0.2) is 0 Å². The fraction of sp³-hybridized carbons (Fsp3) is 0. The van der Waals surface area contributed by atoms with Crippen molar-refractivity contribution in [1.82, 2.24) is 0 Å². The van der Waals surface area contributed by atoms with Crippen molar-refractivity contribution in [2.45, 2.75) is 0 Å². The summed E-state index contributed by atoms with van der Waals surface area (Å²) in [5, 5.41) is 0. The molecule has 0 aliphatic carbocycles. The van der Waals surface area contributed by atoms with Crippen LogP contribution in [0.5, 0.6) is 0 Å². The van der Waals surface area contributed by atoms with Gasteiger partial charge < -0.3 is 4.79 Å². The molecule has 0 aromatic rings. The molecule has 0 aliphatic rings. The molecular weight excluding hydrogens is 192 g/mol. The fourth-order valence-electron chi connectivity index (χ4n) is 0. The monoisotopic (exact) mass is 196 g/mol. The van der Waals surface area contributed by atoms with Gasteiger partial charge in [-0.1, -0.05) is 0 Å². The van der Waals surface area contributed by atoms with Crippen molar-refractivity contribution < 1.29 is 47.6 Å². The van der Waals surface area contributed by atoms with Gasteiger partial charge in [-0.2, -0.15) is 0 Å². The van der Waals surface area contributed by atoms with Crippen LogP contribution in [-0.2, 0) is 47.6 Å². The Bertz CT molecular complexity index is 60.0. The summed E-state index contributed by atoms with van der Waals surface area (Å²) >= 11 is -2.00. The van der Waals surface area contributed by atoms with Gasteiger partial charge in [-0.05, 0) is 0 Å². The van der Waals surface area contributed by atoms with Crippen LogP contribution in [0.25, 0.3) is 0 Å². The molecule has 0 radical (unpaired) electrons. The van der Waals surface area contributed by atoms with Gasteiger partial charge in [0.1, 0.15) is 0 Å². The molecule has 0 unspecified atom stereocenters. The number of carbonyl (C=O) groups is 1. The van der Waals surface area contributed by atoms with E-state index in [-0.39, 0.29) is 17.1 Å². The average molecular weight is 196 g/mol. The van der Waals surface area contributed by atoms with Crippen molar-refractivity contribution in [3.63, 3.8) is 0 Å². The molecule has 0 aromatic heterocycles. The molecule has 0 atom stereocenters. The molecule has 0 bridgehead atoms. The first kappa shape index (κ1) is 15.6. The van der Waals surface area contributed by atoms with E-state index >= 15 is 0 Å². The van der Waals surface area contributed by atoms with Gasteiger partial charge in [0.05, 0.1) is 16.2 Å². The summed E-state index contributed by atoms with van der Waals surface area (Å²) in [6.07, 6.45) is 0. The summed E-state index contributed by atoms with van der Waals surface area (Å²) in [7, 11) is 0.688. The van der Waals surface area contributed by atoms with Gasteiger partial charge >= 0.3 is 25.7 Å². The molecule has 0 saturated carbocycles. The SMILES string of the molecule is O=C[SiH3].[Fe].[O]=[Ti]=[O]. The van der Waals surface area contributed by atoms with Crippen LogP contribution in [0, 0.1) is 0 Å². The van der Waals surface area contributed by atoms with E-state index in [1.54, 1.807) is 0 Å². The molecule has 0 spiro atoms. The van der Waals surface area contributed by atoms with Gasteiger partial charge in [-0.15, -0.1) is 0 Å². The second kappa shape index (κ2) is 29.7. The maximum atomic E-state index is 8.87. The molecule has 7 heavy (non-hydrogen) atoms. The zero-order valence-corrected chi connectivity index (χ0v) is 8.32. The summed E-state index contributed by atoms with van der Waals surface area (Å²) in [4.78, 5) is 8.87. The maximum absolute atomic E-state index is 8.87. The Hall–Kier alpha value is 0.721. The topological polar surface area (TPSA) is 51.2 Å². The van der Waals surface area contributed by atoms with Crippen LogP contribution < -0.4 is 0 Å². The van der Waals surface area contributed by atoms with Crippen molar-refractivity contribution >= 4 is 16.2 Å². The van der Waals surface area contributed by atoms with Crippen LogP contribution in [0.15, 0.2) is 0 Å². The predicted molar refractivity (Wildman–Crippen MR) is 18.1 cm³/mol. The molecular formula is CH4FeO3SiTi. The summed E-state index contributed by atoms with van der Waals surface area (Å²) < 4.78 is 17.0. The Morgan fingerprint density at radius 2 is 1.43 bits per heavy atom. The van der Waals surface area contributed by atoms with Crippen LogP contribution in [0.2, 0.25) is 0 Å². The van der Waals surface area contributed by atoms with Crippen LogP contribution in [0.4, 0.5) is 0 Å². The van der Waals surface area contributed by atoms with E-state index in [0.29, 0.717) is 10.2 Å². The van der Waals surface area contributed by atoms with Crippen molar-refractivity contribution in [3.05, 3.63) is 0 Å². The Morgan fingerprint density at radius 3 is 1.43 bits per heavy atom. The minimum atomic E-state index is -2.00. The number of hydrogen-bond acceptors (Lipinski definition) is 3. The summed E-state index contributed by atoms with van der Waals surface area (Å²) in [5.41, 5.74) is 0. The molecule has 0 fully saturated rings. The van der Waals surface area contributed by atoms with E-state index in [2.05, 4.69) is 0 Å². The van der Waals surface area contributed by atoms with Gasteiger partial charge in [0.25, 0.3) is 0 Å². The number of carbonyl (C=O) groups excluding carboxylic acids is 1. The standard InChI is InChI=1S/CH4OSi.Fe.2O.Ti/c2-1-3;;;;/h1H,3H3;;;;. The first-order chi connectivity index (χ1) is 2.83. The van der Waals surface area contributed by atoms with Crippen molar-refractivity contribution in [3.8, 4) is 0 Å². The third-order valence-corrected chi connectivity index (χ3v) is 0. The summed E-state index contributed by atoms with van der Waals surface area (Å²) in [5.74, 6) is 0.889. The second-order valence-electron chi connectivity index (χ2n) is 0.319. The van der Waals surface area contributed by atoms with Crippen LogP contribution >= 0.6 is 0 Å². The van der Waals surface area contributed by atoms with Crippen LogP contribution in [-0.4, -0.2) is 16.2 Å². The normalized spacial score (nSPS) is 3.43. The number of hydrogen-bond donors (Lipinski definition) is 0. The second-order valence-corrected chi connectivity index (χ2v) is 1.05. The third-order valence-electron chi connectivity index (χ3n) is 0. The Morgan fingerprint density at radius 1 is 1.43 bits per heavy atom. The number of rotatable bonds is 0. The van der Waals surface area contributed by atoms with Crippen molar-refractivity contribution in [1.29, 1.82) is 0 Å². The molecule has 0 aliphatic heterocycles. The Balaban J connectivity index is -0.0000000400. The molecule has 0 rings (SSSR count). The van der Waals surface area contributed by atoms with Crippen LogP contribution in [0.3, 0.4) is 0 Å². The van der Waals surface area contributed by atoms with Gasteiger partial charge in [0.15, 0.2) is 0 Å². The molecule has 0 N–H and O–H groups in total. The minimum absolute atomic E-state index is 0. The molecule has 42 valence electrons. The van der Waals surface area contributed by atoms with Crippen molar-refractivity contribution in [2.75, 3.05) is 0 Å². The van der Waals surface area contributed by atoms with E-state index in [0.717, 1.165) is 5.91 Å². The average Bonchev–Trinajstić information content (AvgIpc) is 1.39. The van der Waals surface area contributed by atoms with Crippen molar-refractivity contribution in [2.24, 2.45) is 0 Å². The van der Waals surface area contributed by atoms with Gasteiger partial charge in [-0.3, -0.25) is 0 Å². The van der Waals surface area contributed by atoms with E-state index in [4.69, 9.17) is 11.4 Å². The quantitative estimate of drug-likeness (QED) is 0.342. The zero-order chi connectivity index (χ0) is 5.41. The summed E-state index contributed by atoms with van der Waals surface area (Å²) in [6, 6.07) is 0. The van der Waals surface area contributed by atoms with Gasteiger partial charge in [0.2, 0.25) is 0 Å². The van der Waals surface area contributed by atoms with Gasteiger partial charge in [0, 0.05) is 17.1 Å². The third kappa shape index (κ3) is 288. The first-order valence-electron chi connectivity index (χ1n) is 1.22. The predicted octanol–water partition coefficient (Wildman–Crippen LogP) is -1.70.